The predicted molar refractivity (Wildman–Crippen MR) is 135 cm³/mol. The van der Waals surface area contributed by atoms with Gasteiger partial charge in [0.05, 0.1) is 16.3 Å². The number of carbonyl (C=O) groups excluding carboxylic acids is 2. The molecule has 0 aliphatic rings. The molecule has 0 aliphatic carbocycles. The number of aromatic nitrogens is 2. The lowest BCUT2D eigenvalue weighted by Crippen LogP contribution is -2.38. The number of benzene rings is 1. The minimum absolute atomic E-state index is 0.000353. The first-order valence-electron chi connectivity index (χ1n) is 11.4. The fraction of sp³-hybridized carbons (Fsp3) is 0.423. The number of hydrogen-bond acceptors (Lipinski definition) is 4. The molecule has 0 saturated carbocycles. The number of hydrogen-bond donors (Lipinski definition) is 1. The predicted octanol–water partition coefficient (Wildman–Crippen LogP) is 5.73. The largest absolute Gasteiger partial charge is 0.329 e. The van der Waals surface area contributed by atoms with E-state index in [1.807, 2.05) is 36.6 Å². The van der Waals surface area contributed by atoms with Gasteiger partial charge in [0.15, 0.2) is 0 Å². The van der Waals surface area contributed by atoms with Crippen LogP contribution in [0.5, 0.6) is 0 Å². The first-order chi connectivity index (χ1) is 15.6. The zero-order valence-corrected chi connectivity index (χ0v) is 21.3. The standard InChI is InChI=1S/C26H34N4O2S/c1-7-8-13-29(25(32)21-10-9-14-33-21)17-24(31)27-23-16-22(26(4,5)6)28-30(23)20-12-11-18(2)15-19(20)3/h9-12,14-16H,7-8,13,17H2,1-6H3,(H,27,31). The van der Waals surface area contributed by atoms with Gasteiger partial charge in [0, 0.05) is 18.0 Å². The third kappa shape index (κ3) is 6.11. The average molecular weight is 467 g/mol. The van der Waals surface area contributed by atoms with E-state index in [1.165, 1.54) is 16.9 Å². The summed E-state index contributed by atoms with van der Waals surface area (Å²) >= 11 is 1.40. The van der Waals surface area contributed by atoms with Gasteiger partial charge >= 0.3 is 0 Å². The van der Waals surface area contributed by atoms with Gasteiger partial charge in [-0.15, -0.1) is 11.3 Å². The van der Waals surface area contributed by atoms with E-state index in [0.29, 0.717) is 17.2 Å². The molecule has 3 aromatic rings. The van der Waals surface area contributed by atoms with Crippen molar-refractivity contribution in [1.29, 1.82) is 0 Å². The molecule has 2 aromatic heterocycles. The Morgan fingerprint density at radius 1 is 1.15 bits per heavy atom. The second-order valence-electron chi connectivity index (χ2n) is 9.47. The van der Waals surface area contributed by atoms with E-state index in [0.717, 1.165) is 29.8 Å². The molecule has 7 heteroatoms. The molecular weight excluding hydrogens is 432 g/mol. The van der Waals surface area contributed by atoms with E-state index in [-0.39, 0.29) is 23.8 Å². The SMILES string of the molecule is CCCCN(CC(=O)Nc1cc(C(C)(C)C)nn1-c1ccc(C)cc1C)C(=O)c1cccs1. The topological polar surface area (TPSA) is 67.2 Å². The maximum atomic E-state index is 13.1. The highest BCUT2D eigenvalue weighted by atomic mass is 32.1. The maximum Gasteiger partial charge on any atom is 0.264 e. The Labute approximate surface area is 200 Å². The number of carbonyl (C=O) groups is 2. The summed E-state index contributed by atoms with van der Waals surface area (Å²) in [4.78, 5) is 28.3. The van der Waals surface area contributed by atoms with E-state index in [2.05, 4.69) is 46.0 Å². The summed E-state index contributed by atoms with van der Waals surface area (Å²) in [5, 5.41) is 9.72. The van der Waals surface area contributed by atoms with Crippen LogP contribution in [0.1, 0.15) is 67.0 Å². The van der Waals surface area contributed by atoms with Gasteiger partial charge in [0.25, 0.3) is 5.91 Å². The highest BCUT2D eigenvalue weighted by Crippen LogP contribution is 2.28. The lowest BCUT2D eigenvalue weighted by molar-refractivity contribution is -0.116. The first-order valence-corrected chi connectivity index (χ1v) is 12.3. The highest BCUT2D eigenvalue weighted by Gasteiger charge is 2.24. The molecule has 1 N–H and O–H groups in total. The highest BCUT2D eigenvalue weighted by molar-refractivity contribution is 7.12. The van der Waals surface area contributed by atoms with Crippen molar-refractivity contribution in [1.82, 2.24) is 14.7 Å². The summed E-state index contributed by atoms with van der Waals surface area (Å²) in [5.74, 6) is 0.269. The number of unbranched alkanes of at least 4 members (excludes halogenated alkanes) is 1. The summed E-state index contributed by atoms with van der Waals surface area (Å²) in [7, 11) is 0. The molecule has 33 heavy (non-hydrogen) atoms. The second kappa shape index (κ2) is 10.3. The smallest absolute Gasteiger partial charge is 0.264 e. The lowest BCUT2D eigenvalue weighted by Gasteiger charge is -2.21. The zero-order chi connectivity index (χ0) is 24.2. The molecular formula is C26H34N4O2S. The van der Waals surface area contributed by atoms with Crippen LogP contribution < -0.4 is 5.32 Å². The van der Waals surface area contributed by atoms with Gasteiger partial charge in [0.2, 0.25) is 5.91 Å². The van der Waals surface area contributed by atoms with Crippen molar-refractivity contribution in [3.8, 4) is 5.69 Å². The molecule has 2 heterocycles. The Hall–Kier alpha value is -2.93. The molecule has 0 atom stereocenters. The van der Waals surface area contributed by atoms with E-state index < -0.39 is 0 Å². The zero-order valence-electron chi connectivity index (χ0n) is 20.4. The molecule has 0 spiro atoms. The van der Waals surface area contributed by atoms with Crippen molar-refractivity contribution in [2.24, 2.45) is 0 Å². The van der Waals surface area contributed by atoms with E-state index in [4.69, 9.17) is 5.10 Å². The van der Waals surface area contributed by atoms with Gasteiger partial charge in [-0.05, 0) is 43.3 Å². The lowest BCUT2D eigenvalue weighted by atomic mass is 9.92. The molecule has 1 aromatic carbocycles. The van der Waals surface area contributed by atoms with Crippen LogP contribution >= 0.6 is 11.3 Å². The van der Waals surface area contributed by atoms with E-state index in [9.17, 15) is 9.59 Å². The molecule has 6 nitrogen and oxygen atoms in total. The van der Waals surface area contributed by atoms with Gasteiger partial charge in [-0.2, -0.15) is 5.10 Å². The summed E-state index contributed by atoms with van der Waals surface area (Å²) < 4.78 is 1.80. The Morgan fingerprint density at radius 3 is 2.52 bits per heavy atom. The molecule has 3 rings (SSSR count). The second-order valence-corrected chi connectivity index (χ2v) is 10.4. The normalized spacial score (nSPS) is 11.5. The monoisotopic (exact) mass is 466 g/mol. The molecule has 2 amide bonds. The number of anilines is 1. The van der Waals surface area contributed by atoms with Crippen molar-refractivity contribution in [2.45, 2.75) is 59.8 Å². The number of thiophene rings is 1. The number of nitrogens with one attached hydrogen (secondary N) is 1. The molecule has 0 fully saturated rings. The quantitative estimate of drug-likeness (QED) is 0.461. The van der Waals surface area contributed by atoms with Crippen LogP contribution in [-0.2, 0) is 10.2 Å². The van der Waals surface area contributed by atoms with Crippen LogP contribution in [0.15, 0.2) is 41.8 Å². The summed E-state index contributed by atoms with van der Waals surface area (Å²) in [6, 6.07) is 11.7. The van der Waals surface area contributed by atoms with Crippen LogP contribution in [0.4, 0.5) is 5.82 Å². The Kier molecular flexibility index (Phi) is 7.74. The van der Waals surface area contributed by atoms with Crippen LogP contribution in [-0.4, -0.2) is 39.6 Å². The van der Waals surface area contributed by atoms with Crippen molar-refractivity contribution < 1.29 is 9.59 Å². The van der Waals surface area contributed by atoms with Gasteiger partial charge in [0.1, 0.15) is 12.4 Å². The Balaban J connectivity index is 1.88. The summed E-state index contributed by atoms with van der Waals surface area (Å²) in [6.45, 7) is 13.0. The van der Waals surface area contributed by atoms with Crippen LogP contribution in [0, 0.1) is 13.8 Å². The van der Waals surface area contributed by atoms with Gasteiger partial charge < -0.3 is 10.2 Å². The third-order valence-corrected chi connectivity index (χ3v) is 6.32. The number of aryl methyl sites for hydroxylation is 2. The Morgan fingerprint density at radius 2 is 1.91 bits per heavy atom. The average Bonchev–Trinajstić information content (AvgIpc) is 3.41. The van der Waals surface area contributed by atoms with Crippen LogP contribution in [0.3, 0.4) is 0 Å². The molecule has 0 bridgehead atoms. The van der Waals surface area contributed by atoms with Crippen molar-refractivity contribution >= 4 is 29.0 Å². The number of nitrogens with zero attached hydrogens (tertiary/aromatic N) is 3. The minimum Gasteiger partial charge on any atom is -0.329 e. The van der Waals surface area contributed by atoms with Gasteiger partial charge in [-0.1, -0.05) is 57.9 Å². The fourth-order valence-electron chi connectivity index (χ4n) is 3.58. The number of amides is 2. The van der Waals surface area contributed by atoms with E-state index >= 15 is 0 Å². The molecule has 0 unspecified atom stereocenters. The van der Waals surface area contributed by atoms with E-state index in [1.54, 1.807) is 15.6 Å². The summed E-state index contributed by atoms with van der Waals surface area (Å²) in [6.07, 6.45) is 1.79. The van der Waals surface area contributed by atoms with Crippen molar-refractivity contribution in [3.63, 3.8) is 0 Å². The third-order valence-electron chi connectivity index (χ3n) is 5.46. The Bertz CT molecular complexity index is 1110. The van der Waals surface area contributed by atoms with Crippen molar-refractivity contribution in [3.05, 3.63) is 63.5 Å². The van der Waals surface area contributed by atoms with Crippen LogP contribution in [0.25, 0.3) is 5.69 Å². The molecule has 0 radical (unpaired) electrons. The van der Waals surface area contributed by atoms with Gasteiger partial charge in [-0.3, -0.25) is 9.59 Å². The van der Waals surface area contributed by atoms with Crippen LogP contribution in [0.2, 0.25) is 0 Å². The van der Waals surface area contributed by atoms with Gasteiger partial charge in [-0.25, -0.2) is 4.68 Å². The fourth-order valence-corrected chi connectivity index (χ4v) is 4.27. The molecule has 0 saturated heterocycles. The minimum atomic E-state index is -0.234. The first kappa shape index (κ1) is 24.7. The number of rotatable bonds is 8. The van der Waals surface area contributed by atoms with Crippen molar-refractivity contribution in [2.75, 3.05) is 18.4 Å². The molecule has 176 valence electrons. The molecule has 0 aliphatic heterocycles. The maximum absolute atomic E-state index is 13.1. The summed E-state index contributed by atoms with van der Waals surface area (Å²) in [5.41, 5.74) is 3.88.